The molecule has 1 fully saturated rings. The van der Waals surface area contributed by atoms with Crippen LogP contribution >= 0.6 is 0 Å². The van der Waals surface area contributed by atoms with Gasteiger partial charge in [0.25, 0.3) is 0 Å². The number of likely N-dealkylation sites (tertiary alicyclic amines) is 1. The minimum Gasteiger partial charge on any atom is -0.390 e. The molecule has 1 aliphatic heterocycles. The number of hydrogen-bond donors (Lipinski definition) is 1. The Morgan fingerprint density at radius 3 is 2.00 bits per heavy atom. The zero-order valence-electron chi connectivity index (χ0n) is 13.6. The maximum atomic E-state index is 11.1. The molecular formula is C18H29NO. The highest BCUT2D eigenvalue weighted by molar-refractivity contribution is 5.16. The van der Waals surface area contributed by atoms with Crippen LogP contribution < -0.4 is 0 Å². The van der Waals surface area contributed by atoms with E-state index in [0.717, 1.165) is 25.7 Å². The lowest BCUT2D eigenvalue weighted by molar-refractivity contribution is -0.127. The molecular weight excluding hydrogens is 246 g/mol. The Labute approximate surface area is 123 Å². The molecule has 1 aromatic carbocycles. The van der Waals surface area contributed by atoms with Gasteiger partial charge < -0.3 is 5.11 Å². The van der Waals surface area contributed by atoms with Gasteiger partial charge >= 0.3 is 0 Å². The van der Waals surface area contributed by atoms with Gasteiger partial charge in [0.15, 0.2) is 0 Å². The molecule has 0 bridgehead atoms. The zero-order valence-corrected chi connectivity index (χ0v) is 13.6. The summed E-state index contributed by atoms with van der Waals surface area (Å²) in [5, 5.41) is 11.1. The molecule has 2 nitrogen and oxygen atoms in total. The van der Waals surface area contributed by atoms with Crippen molar-refractivity contribution >= 4 is 0 Å². The Balaban J connectivity index is 2.10. The van der Waals surface area contributed by atoms with Gasteiger partial charge in [-0.25, -0.2) is 0 Å². The smallest absolute Gasteiger partial charge is 0.0685 e. The second kappa shape index (κ2) is 5.16. The van der Waals surface area contributed by atoms with Crippen molar-refractivity contribution in [1.82, 2.24) is 4.90 Å². The SMILES string of the molecule is CN1C(C)(C)CC(O)(CCc2ccccc2)CC1(C)C. The van der Waals surface area contributed by atoms with Crippen LogP contribution in [-0.4, -0.2) is 33.7 Å². The second-order valence-electron chi connectivity index (χ2n) is 7.75. The van der Waals surface area contributed by atoms with Crippen LogP contribution in [0.3, 0.4) is 0 Å². The van der Waals surface area contributed by atoms with E-state index in [0.29, 0.717) is 0 Å². The molecule has 1 heterocycles. The molecule has 0 aromatic heterocycles. The minimum atomic E-state index is -0.560. The first-order valence-electron chi connectivity index (χ1n) is 7.65. The highest BCUT2D eigenvalue weighted by atomic mass is 16.3. The van der Waals surface area contributed by atoms with Gasteiger partial charge in [-0.2, -0.15) is 0 Å². The van der Waals surface area contributed by atoms with E-state index in [1.807, 2.05) is 6.07 Å². The van der Waals surface area contributed by atoms with Gasteiger partial charge in [0, 0.05) is 11.1 Å². The van der Waals surface area contributed by atoms with Crippen LogP contribution in [0.15, 0.2) is 30.3 Å². The number of aryl methyl sites for hydroxylation is 1. The highest BCUT2D eigenvalue weighted by Crippen LogP contribution is 2.44. The highest BCUT2D eigenvalue weighted by Gasteiger charge is 2.49. The van der Waals surface area contributed by atoms with Crippen molar-refractivity contribution in [2.75, 3.05) is 7.05 Å². The van der Waals surface area contributed by atoms with Gasteiger partial charge in [0.05, 0.1) is 5.60 Å². The van der Waals surface area contributed by atoms with E-state index >= 15 is 0 Å². The van der Waals surface area contributed by atoms with E-state index in [2.05, 4.69) is 63.9 Å². The summed E-state index contributed by atoms with van der Waals surface area (Å²) < 4.78 is 0. The van der Waals surface area contributed by atoms with Crippen molar-refractivity contribution in [2.45, 2.75) is 70.1 Å². The molecule has 0 saturated carbocycles. The van der Waals surface area contributed by atoms with E-state index in [9.17, 15) is 5.11 Å². The average Bonchev–Trinajstić information content (AvgIpc) is 2.34. The van der Waals surface area contributed by atoms with E-state index in [4.69, 9.17) is 0 Å². The number of rotatable bonds is 3. The Hall–Kier alpha value is -0.860. The number of aliphatic hydroxyl groups is 1. The minimum absolute atomic E-state index is 0.0349. The van der Waals surface area contributed by atoms with Crippen molar-refractivity contribution in [2.24, 2.45) is 0 Å². The average molecular weight is 275 g/mol. The predicted octanol–water partition coefficient (Wildman–Crippen LogP) is 3.63. The van der Waals surface area contributed by atoms with Gasteiger partial charge in [0.2, 0.25) is 0 Å². The molecule has 0 spiro atoms. The third-order valence-corrected chi connectivity index (χ3v) is 5.06. The first-order valence-corrected chi connectivity index (χ1v) is 7.65. The number of benzene rings is 1. The van der Waals surface area contributed by atoms with Crippen LogP contribution in [-0.2, 0) is 6.42 Å². The summed E-state index contributed by atoms with van der Waals surface area (Å²) in [7, 11) is 2.18. The van der Waals surface area contributed by atoms with E-state index in [1.54, 1.807) is 0 Å². The molecule has 1 aliphatic rings. The molecule has 0 radical (unpaired) electrons. The summed E-state index contributed by atoms with van der Waals surface area (Å²) in [6.45, 7) is 8.95. The van der Waals surface area contributed by atoms with E-state index in [1.165, 1.54) is 5.56 Å². The Kier molecular flexibility index (Phi) is 4.01. The van der Waals surface area contributed by atoms with Crippen molar-refractivity contribution in [3.8, 4) is 0 Å². The van der Waals surface area contributed by atoms with Gasteiger partial charge in [-0.3, -0.25) is 4.90 Å². The molecule has 0 unspecified atom stereocenters. The molecule has 0 aliphatic carbocycles. The summed E-state index contributed by atoms with van der Waals surface area (Å²) in [6, 6.07) is 10.5. The van der Waals surface area contributed by atoms with Gasteiger partial charge in [-0.15, -0.1) is 0 Å². The third-order valence-electron chi connectivity index (χ3n) is 5.06. The summed E-state index contributed by atoms with van der Waals surface area (Å²) >= 11 is 0. The fourth-order valence-electron chi connectivity index (χ4n) is 3.93. The van der Waals surface area contributed by atoms with Crippen molar-refractivity contribution in [1.29, 1.82) is 0 Å². The first kappa shape index (κ1) is 15.5. The monoisotopic (exact) mass is 275 g/mol. The molecule has 0 atom stereocenters. The fourth-order valence-corrected chi connectivity index (χ4v) is 3.93. The molecule has 2 rings (SSSR count). The third kappa shape index (κ3) is 3.24. The number of nitrogens with zero attached hydrogens (tertiary/aromatic N) is 1. The summed E-state index contributed by atoms with van der Waals surface area (Å²) in [5.74, 6) is 0. The standard InChI is InChI=1S/C18H29NO/c1-16(2)13-18(20,14-17(3,4)19(16)5)12-11-15-9-7-6-8-10-15/h6-10,20H,11-14H2,1-5H3. The normalized spacial score (nSPS) is 24.5. The maximum Gasteiger partial charge on any atom is 0.0685 e. The van der Waals surface area contributed by atoms with Crippen LogP contribution in [0.4, 0.5) is 0 Å². The quantitative estimate of drug-likeness (QED) is 0.910. The second-order valence-corrected chi connectivity index (χ2v) is 7.75. The van der Waals surface area contributed by atoms with Crippen molar-refractivity contribution in [3.63, 3.8) is 0 Å². The Bertz CT molecular complexity index is 432. The molecule has 0 amide bonds. The lowest BCUT2D eigenvalue weighted by Crippen LogP contribution is -2.63. The summed E-state index contributed by atoms with van der Waals surface area (Å²) in [4.78, 5) is 2.41. The van der Waals surface area contributed by atoms with Gasteiger partial charge in [-0.1, -0.05) is 30.3 Å². The van der Waals surface area contributed by atoms with E-state index in [-0.39, 0.29) is 11.1 Å². The Morgan fingerprint density at radius 2 is 1.50 bits per heavy atom. The lowest BCUT2D eigenvalue weighted by Gasteiger charge is -2.56. The largest absolute Gasteiger partial charge is 0.390 e. The van der Waals surface area contributed by atoms with Crippen LogP contribution in [0.5, 0.6) is 0 Å². The summed E-state index contributed by atoms with van der Waals surface area (Å²) in [6.07, 6.45) is 3.48. The predicted molar refractivity (Wildman–Crippen MR) is 84.9 cm³/mol. The van der Waals surface area contributed by atoms with Crippen LogP contribution in [0.2, 0.25) is 0 Å². The number of hydrogen-bond acceptors (Lipinski definition) is 2. The van der Waals surface area contributed by atoms with Crippen LogP contribution in [0.25, 0.3) is 0 Å². The van der Waals surface area contributed by atoms with Gasteiger partial charge in [-0.05, 0) is 66.0 Å². The molecule has 1 aromatic rings. The molecule has 1 saturated heterocycles. The van der Waals surface area contributed by atoms with Crippen LogP contribution in [0.1, 0.15) is 52.5 Å². The maximum absolute atomic E-state index is 11.1. The lowest BCUT2D eigenvalue weighted by atomic mass is 9.69. The summed E-state index contributed by atoms with van der Waals surface area (Å²) in [5.41, 5.74) is 0.825. The molecule has 112 valence electrons. The van der Waals surface area contributed by atoms with Crippen LogP contribution in [0, 0.1) is 0 Å². The first-order chi connectivity index (χ1) is 9.15. The van der Waals surface area contributed by atoms with E-state index < -0.39 is 5.60 Å². The fraction of sp³-hybridized carbons (Fsp3) is 0.667. The molecule has 20 heavy (non-hydrogen) atoms. The van der Waals surface area contributed by atoms with Gasteiger partial charge in [0.1, 0.15) is 0 Å². The van der Waals surface area contributed by atoms with Crippen molar-refractivity contribution < 1.29 is 5.11 Å². The Morgan fingerprint density at radius 1 is 1.00 bits per heavy atom. The molecule has 1 N–H and O–H groups in total. The number of piperidine rings is 1. The topological polar surface area (TPSA) is 23.5 Å². The van der Waals surface area contributed by atoms with Crippen molar-refractivity contribution in [3.05, 3.63) is 35.9 Å². The zero-order chi connectivity index (χ0) is 15.0. The molecule has 2 heteroatoms.